The average Bonchev–Trinajstić information content (AvgIpc) is 2.87. The maximum absolute atomic E-state index is 11.0. The van der Waals surface area contributed by atoms with Gasteiger partial charge in [-0.3, -0.25) is 4.79 Å². The number of carboxylic acid groups (broad SMARTS) is 1. The van der Waals surface area contributed by atoms with Crippen LogP contribution in [-0.2, 0) is 4.79 Å². The van der Waals surface area contributed by atoms with Gasteiger partial charge in [-0.1, -0.05) is 0 Å². The van der Waals surface area contributed by atoms with E-state index in [1.165, 1.54) is 4.90 Å². The van der Waals surface area contributed by atoms with Crippen LogP contribution in [0.2, 0.25) is 0 Å². The molecule has 11 nitrogen and oxygen atoms in total. The number of nitrogens with zero attached hydrogens (tertiary/aromatic N) is 3. The molecule has 0 aliphatic carbocycles. The summed E-state index contributed by atoms with van der Waals surface area (Å²) in [6, 6.07) is -1.72. The van der Waals surface area contributed by atoms with Crippen LogP contribution in [0.5, 0.6) is 0 Å². The number of aliphatic hydroxyl groups is 3. The SMILES string of the molecule is NC1=N[C@H]2[C@H](CO)N=C(N)N3CC(CC(=O)O)C(O)(O)[C@]23N1. The number of carboxylic acids is 1. The molecule has 1 saturated heterocycles. The van der Waals surface area contributed by atoms with Gasteiger partial charge in [-0.15, -0.1) is 0 Å². The third kappa shape index (κ3) is 1.63. The molecule has 0 bridgehead atoms. The molecule has 3 heterocycles. The maximum atomic E-state index is 11.0. The number of nitrogens with two attached hydrogens (primary N) is 2. The Balaban J connectivity index is 2.10. The Hall–Kier alpha value is -2.11. The molecular weight excluding hydrogens is 296 g/mol. The van der Waals surface area contributed by atoms with E-state index in [0.29, 0.717) is 0 Å². The van der Waals surface area contributed by atoms with E-state index < -0.39 is 48.4 Å². The minimum atomic E-state index is -2.48. The highest BCUT2D eigenvalue weighted by Gasteiger charge is 2.72. The normalized spacial score (nSPS) is 38.7. The summed E-state index contributed by atoms with van der Waals surface area (Å²) in [4.78, 5) is 20.5. The van der Waals surface area contributed by atoms with Crippen LogP contribution >= 0.6 is 0 Å². The van der Waals surface area contributed by atoms with Crippen LogP contribution in [0.4, 0.5) is 0 Å². The van der Waals surface area contributed by atoms with Gasteiger partial charge < -0.3 is 42.1 Å². The summed E-state index contributed by atoms with van der Waals surface area (Å²) in [5.41, 5.74) is 9.89. The molecule has 0 amide bonds. The Morgan fingerprint density at radius 1 is 1.41 bits per heavy atom. The zero-order chi connectivity index (χ0) is 16.3. The van der Waals surface area contributed by atoms with Crippen LogP contribution < -0.4 is 16.8 Å². The van der Waals surface area contributed by atoms with Crippen molar-refractivity contribution in [3.63, 3.8) is 0 Å². The molecule has 1 fully saturated rings. The van der Waals surface area contributed by atoms with E-state index in [-0.39, 0.29) is 18.5 Å². The number of rotatable bonds is 3. The van der Waals surface area contributed by atoms with Crippen LogP contribution in [0.1, 0.15) is 6.42 Å². The molecule has 122 valence electrons. The third-order valence-electron chi connectivity index (χ3n) is 4.53. The monoisotopic (exact) mass is 314 g/mol. The molecule has 3 aliphatic rings. The Labute approximate surface area is 124 Å². The maximum Gasteiger partial charge on any atom is 0.303 e. The standard InChI is InChI=1S/C11H18N6O5/c12-8-15-7-5(3-18)14-9(13)17-2-4(1-6(19)20)11(21,22)10(7,17)16-8/h4-5,7,18,21-22H,1-3H2,(H2,13,14)(H,19,20)(H3,12,15,16)/t4?,5-,7-,10-/m0/s1. The van der Waals surface area contributed by atoms with Crippen LogP contribution in [0.3, 0.4) is 0 Å². The van der Waals surface area contributed by atoms with E-state index in [2.05, 4.69) is 15.3 Å². The Morgan fingerprint density at radius 3 is 2.68 bits per heavy atom. The first kappa shape index (κ1) is 14.8. The van der Waals surface area contributed by atoms with Crippen LogP contribution in [0, 0.1) is 5.92 Å². The van der Waals surface area contributed by atoms with Crippen molar-refractivity contribution in [1.29, 1.82) is 0 Å². The second kappa shape index (κ2) is 4.44. The summed E-state index contributed by atoms with van der Waals surface area (Å²) >= 11 is 0. The molecule has 1 unspecified atom stereocenters. The van der Waals surface area contributed by atoms with Crippen molar-refractivity contribution in [3.05, 3.63) is 0 Å². The predicted octanol–water partition coefficient (Wildman–Crippen LogP) is -4.25. The van der Waals surface area contributed by atoms with Gasteiger partial charge in [-0.25, -0.2) is 9.98 Å². The Morgan fingerprint density at radius 2 is 2.09 bits per heavy atom. The molecule has 4 atom stereocenters. The number of nitrogens with one attached hydrogen (secondary N) is 1. The molecule has 0 saturated carbocycles. The number of aliphatic imine (C=N–C) groups is 2. The van der Waals surface area contributed by atoms with Crippen molar-refractivity contribution in [1.82, 2.24) is 10.2 Å². The number of aliphatic hydroxyl groups excluding tert-OH is 1. The number of carbonyl (C=O) groups is 1. The summed E-state index contributed by atoms with van der Waals surface area (Å²) < 4.78 is 0. The van der Waals surface area contributed by atoms with E-state index in [1.807, 2.05) is 0 Å². The highest BCUT2D eigenvalue weighted by Crippen LogP contribution is 2.48. The Bertz CT molecular complexity index is 577. The van der Waals surface area contributed by atoms with Crippen molar-refractivity contribution >= 4 is 17.9 Å². The van der Waals surface area contributed by atoms with Crippen molar-refractivity contribution in [2.45, 2.75) is 30.0 Å². The van der Waals surface area contributed by atoms with Gasteiger partial charge in [-0.05, 0) is 0 Å². The molecule has 0 radical (unpaired) electrons. The van der Waals surface area contributed by atoms with Gasteiger partial charge in [0.05, 0.1) is 13.0 Å². The van der Waals surface area contributed by atoms with Gasteiger partial charge in [0, 0.05) is 12.5 Å². The first-order valence-corrected chi connectivity index (χ1v) is 6.73. The first-order valence-electron chi connectivity index (χ1n) is 6.73. The number of hydrogen-bond donors (Lipinski definition) is 7. The van der Waals surface area contributed by atoms with E-state index in [1.54, 1.807) is 0 Å². The summed E-state index contributed by atoms with van der Waals surface area (Å²) in [6.45, 7) is -0.460. The van der Waals surface area contributed by atoms with Crippen LogP contribution in [0.15, 0.2) is 9.98 Å². The fraction of sp³-hybridized carbons (Fsp3) is 0.727. The Kier molecular flexibility index (Phi) is 2.99. The number of guanidine groups is 2. The topological polar surface area (TPSA) is 190 Å². The zero-order valence-electron chi connectivity index (χ0n) is 11.5. The summed E-state index contributed by atoms with van der Waals surface area (Å²) in [6.07, 6.45) is -0.476. The van der Waals surface area contributed by atoms with Gasteiger partial charge in [0.15, 0.2) is 17.6 Å². The zero-order valence-corrected chi connectivity index (χ0v) is 11.5. The van der Waals surface area contributed by atoms with E-state index in [9.17, 15) is 20.1 Å². The van der Waals surface area contributed by atoms with E-state index in [0.717, 1.165) is 0 Å². The lowest BCUT2D eigenvalue weighted by molar-refractivity contribution is -0.244. The lowest BCUT2D eigenvalue weighted by Crippen LogP contribution is -2.77. The van der Waals surface area contributed by atoms with Crippen LogP contribution in [0.25, 0.3) is 0 Å². The lowest BCUT2D eigenvalue weighted by Gasteiger charge is -2.48. The molecule has 3 aliphatic heterocycles. The molecule has 0 aromatic rings. The number of hydrogen-bond acceptors (Lipinski definition) is 10. The van der Waals surface area contributed by atoms with Gasteiger partial charge in [0.1, 0.15) is 12.1 Å². The van der Waals surface area contributed by atoms with Crippen LogP contribution in [-0.4, -0.2) is 79.9 Å². The second-order valence-corrected chi connectivity index (χ2v) is 5.72. The molecule has 0 aromatic carbocycles. The van der Waals surface area contributed by atoms with E-state index in [4.69, 9.17) is 16.6 Å². The molecule has 11 heteroatoms. The molecule has 9 N–H and O–H groups in total. The highest BCUT2D eigenvalue weighted by atomic mass is 16.5. The van der Waals surface area contributed by atoms with Crippen molar-refractivity contribution in [2.75, 3.05) is 13.2 Å². The number of aliphatic carboxylic acids is 1. The fourth-order valence-electron chi connectivity index (χ4n) is 3.59. The van der Waals surface area contributed by atoms with E-state index >= 15 is 0 Å². The lowest BCUT2D eigenvalue weighted by atomic mass is 9.82. The second-order valence-electron chi connectivity index (χ2n) is 5.72. The van der Waals surface area contributed by atoms with Crippen molar-refractivity contribution in [3.8, 4) is 0 Å². The third-order valence-corrected chi connectivity index (χ3v) is 4.53. The minimum absolute atomic E-state index is 0.0342. The summed E-state index contributed by atoms with van der Waals surface area (Å²) in [7, 11) is 0. The summed E-state index contributed by atoms with van der Waals surface area (Å²) in [5.74, 6) is -4.78. The first-order chi connectivity index (χ1) is 10.2. The summed E-state index contributed by atoms with van der Waals surface area (Å²) in [5, 5.41) is 42.5. The molecule has 3 rings (SSSR count). The van der Waals surface area contributed by atoms with Gasteiger partial charge in [0.2, 0.25) is 5.79 Å². The molecule has 1 spiro atoms. The highest BCUT2D eigenvalue weighted by molar-refractivity contribution is 5.87. The smallest absolute Gasteiger partial charge is 0.303 e. The van der Waals surface area contributed by atoms with Gasteiger partial charge >= 0.3 is 5.97 Å². The van der Waals surface area contributed by atoms with Crippen molar-refractivity contribution in [2.24, 2.45) is 27.4 Å². The minimum Gasteiger partial charge on any atom is -0.481 e. The predicted molar refractivity (Wildman–Crippen MR) is 73.4 cm³/mol. The van der Waals surface area contributed by atoms with Gasteiger partial charge in [0.25, 0.3) is 0 Å². The fourth-order valence-corrected chi connectivity index (χ4v) is 3.59. The molecule has 0 aromatic heterocycles. The van der Waals surface area contributed by atoms with Crippen molar-refractivity contribution < 1.29 is 25.2 Å². The quantitative estimate of drug-likeness (QED) is 0.253. The largest absolute Gasteiger partial charge is 0.481 e. The molecular formula is C11H18N6O5. The molecule has 22 heavy (non-hydrogen) atoms. The van der Waals surface area contributed by atoms with Gasteiger partial charge in [-0.2, -0.15) is 0 Å². The average molecular weight is 314 g/mol.